The predicted octanol–water partition coefficient (Wildman–Crippen LogP) is 1.61. The number of rotatable bonds is 8. The van der Waals surface area contributed by atoms with Gasteiger partial charge in [-0.05, 0) is 11.1 Å². The topological polar surface area (TPSA) is 83.1 Å². The molecule has 1 saturated heterocycles. The van der Waals surface area contributed by atoms with Crippen molar-refractivity contribution in [3.05, 3.63) is 41.2 Å². The molecule has 1 aliphatic heterocycles. The number of aromatic nitrogens is 3. The molecule has 1 amide bonds. The summed E-state index contributed by atoms with van der Waals surface area (Å²) in [7, 11) is 0. The number of aromatic amines is 1. The number of ether oxygens (including phenoxy) is 1. The minimum atomic E-state index is -0.0148. The highest BCUT2D eigenvalue weighted by Gasteiger charge is 2.13. The number of H-pyrrole nitrogens is 1. The van der Waals surface area contributed by atoms with Gasteiger partial charge < -0.3 is 10.1 Å². The Bertz CT molecular complexity index is 715. The normalized spacial score (nSPS) is 15.1. The summed E-state index contributed by atoms with van der Waals surface area (Å²) in [6.45, 7) is 6.92. The number of aryl methyl sites for hydroxylation is 1. The van der Waals surface area contributed by atoms with Crippen LogP contribution >= 0.6 is 11.8 Å². The van der Waals surface area contributed by atoms with Crippen molar-refractivity contribution >= 4 is 17.7 Å². The van der Waals surface area contributed by atoms with E-state index in [1.165, 1.54) is 17.3 Å². The van der Waals surface area contributed by atoms with E-state index in [9.17, 15) is 4.79 Å². The molecule has 0 bridgehead atoms. The summed E-state index contributed by atoms with van der Waals surface area (Å²) in [5.41, 5.74) is 2.41. The molecule has 7 nitrogen and oxygen atoms in total. The lowest BCUT2D eigenvalue weighted by atomic mass is 10.1. The van der Waals surface area contributed by atoms with E-state index in [2.05, 4.69) is 37.5 Å². The van der Waals surface area contributed by atoms with E-state index in [-0.39, 0.29) is 5.91 Å². The van der Waals surface area contributed by atoms with Crippen LogP contribution in [0.5, 0.6) is 0 Å². The molecular weight excluding hydrogens is 350 g/mol. The van der Waals surface area contributed by atoms with Gasteiger partial charge in [0.05, 0.1) is 19.0 Å². The molecule has 1 aromatic carbocycles. The van der Waals surface area contributed by atoms with Crippen molar-refractivity contribution < 1.29 is 9.53 Å². The van der Waals surface area contributed by atoms with E-state index in [0.717, 1.165) is 50.7 Å². The SMILES string of the molecule is CCc1nc(SCC(=O)NCc2ccccc2CN2CCOCC2)n[nH]1. The minimum Gasteiger partial charge on any atom is -0.379 e. The monoisotopic (exact) mass is 375 g/mol. The van der Waals surface area contributed by atoms with Crippen molar-refractivity contribution in [1.29, 1.82) is 0 Å². The molecule has 0 spiro atoms. The van der Waals surface area contributed by atoms with Gasteiger partial charge in [-0.15, -0.1) is 5.10 Å². The fourth-order valence-electron chi connectivity index (χ4n) is 2.76. The van der Waals surface area contributed by atoms with Gasteiger partial charge in [0.2, 0.25) is 11.1 Å². The van der Waals surface area contributed by atoms with Gasteiger partial charge in [-0.2, -0.15) is 0 Å². The molecule has 0 atom stereocenters. The Morgan fingerprint density at radius 1 is 1.31 bits per heavy atom. The van der Waals surface area contributed by atoms with Crippen molar-refractivity contribution in [2.45, 2.75) is 31.6 Å². The Balaban J connectivity index is 1.48. The zero-order chi connectivity index (χ0) is 18.2. The van der Waals surface area contributed by atoms with Gasteiger partial charge in [0.1, 0.15) is 5.82 Å². The van der Waals surface area contributed by atoms with E-state index in [1.54, 1.807) is 0 Å². The molecule has 0 unspecified atom stereocenters. The van der Waals surface area contributed by atoms with Gasteiger partial charge in [0.15, 0.2) is 0 Å². The first-order valence-corrected chi connectivity index (χ1v) is 9.91. The zero-order valence-electron chi connectivity index (χ0n) is 15.0. The number of amides is 1. The molecule has 3 rings (SSSR count). The average Bonchev–Trinajstić information content (AvgIpc) is 3.15. The summed E-state index contributed by atoms with van der Waals surface area (Å²) < 4.78 is 5.41. The summed E-state index contributed by atoms with van der Waals surface area (Å²) in [5.74, 6) is 1.14. The van der Waals surface area contributed by atoms with Crippen molar-refractivity contribution in [2.75, 3.05) is 32.1 Å². The molecule has 0 aliphatic carbocycles. The third kappa shape index (κ3) is 5.55. The number of carbonyl (C=O) groups excluding carboxylic acids is 1. The Morgan fingerprint density at radius 3 is 2.81 bits per heavy atom. The van der Waals surface area contributed by atoms with Crippen LogP contribution in [0.2, 0.25) is 0 Å². The van der Waals surface area contributed by atoms with Gasteiger partial charge in [-0.3, -0.25) is 14.8 Å². The second kappa shape index (κ2) is 9.70. The van der Waals surface area contributed by atoms with E-state index < -0.39 is 0 Å². The quantitative estimate of drug-likeness (QED) is 0.682. The van der Waals surface area contributed by atoms with Crippen molar-refractivity contribution in [3.63, 3.8) is 0 Å². The maximum atomic E-state index is 12.1. The number of hydrogen-bond donors (Lipinski definition) is 2. The maximum absolute atomic E-state index is 12.1. The number of thioether (sulfide) groups is 1. The largest absolute Gasteiger partial charge is 0.379 e. The number of nitrogens with zero attached hydrogens (tertiary/aromatic N) is 3. The number of nitrogens with one attached hydrogen (secondary N) is 2. The first-order chi connectivity index (χ1) is 12.7. The van der Waals surface area contributed by atoms with Gasteiger partial charge in [0, 0.05) is 32.6 Å². The van der Waals surface area contributed by atoms with E-state index >= 15 is 0 Å². The molecule has 1 fully saturated rings. The van der Waals surface area contributed by atoms with Crippen LogP contribution in [0, 0.1) is 0 Å². The van der Waals surface area contributed by atoms with E-state index in [1.807, 2.05) is 19.1 Å². The summed E-state index contributed by atoms with van der Waals surface area (Å²) in [6, 6.07) is 8.27. The highest BCUT2D eigenvalue weighted by Crippen LogP contribution is 2.14. The summed E-state index contributed by atoms with van der Waals surface area (Å²) in [6.07, 6.45) is 0.805. The number of carbonyl (C=O) groups is 1. The Hall–Kier alpha value is -1.90. The van der Waals surface area contributed by atoms with Gasteiger partial charge in [-0.1, -0.05) is 43.0 Å². The third-order valence-corrected chi connectivity index (χ3v) is 5.12. The second-order valence-electron chi connectivity index (χ2n) is 6.14. The highest BCUT2D eigenvalue weighted by atomic mass is 32.2. The predicted molar refractivity (Wildman–Crippen MR) is 101 cm³/mol. The molecule has 1 aromatic heterocycles. The van der Waals surface area contributed by atoms with Crippen LogP contribution in [0.1, 0.15) is 23.9 Å². The van der Waals surface area contributed by atoms with Crippen LogP contribution in [0.4, 0.5) is 0 Å². The number of hydrogen-bond acceptors (Lipinski definition) is 6. The van der Waals surface area contributed by atoms with Crippen molar-refractivity contribution in [3.8, 4) is 0 Å². The Kier molecular flexibility index (Phi) is 7.04. The van der Waals surface area contributed by atoms with Gasteiger partial charge in [0.25, 0.3) is 0 Å². The van der Waals surface area contributed by atoms with E-state index in [4.69, 9.17) is 4.74 Å². The van der Waals surface area contributed by atoms with Gasteiger partial charge >= 0.3 is 0 Å². The summed E-state index contributed by atoms with van der Waals surface area (Å²) in [4.78, 5) is 18.8. The van der Waals surface area contributed by atoms with E-state index in [0.29, 0.717) is 17.5 Å². The molecule has 0 radical (unpaired) electrons. The van der Waals surface area contributed by atoms with Crippen LogP contribution in [0.3, 0.4) is 0 Å². The standard InChI is InChI=1S/C18H25N5O2S/c1-2-16-20-18(22-21-16)26-13-17(24)19-11-14-5-3-4-6-15(14)12-23-7-9-25-10-8-23/h3-6H,2,7-13H2,1H3,(H,19,24)(H,20,21,22). The Morgan fingerprint density at radius 2 is 2.08 bits per heavy atom. The van der Waals surface area contributed by atoms with Crippen LogP contribution < -0.4 is 5.32 Å². The maximum Gasteiger partial charge on any atom is 0.230 e. The lowest BCUT2D eigenvalue weighted by Gasteiger charge is -2.27. The molecule has 26 heavy (non-hydrogen) atoms. The lowest BCUT2D eigenvalue weighted by Crippen LogP contribution is -2.36. The zero-order valence-corrected chi connectivity index (χ0v) is 15.8. The van der Waals surface area contributed by atoms with Crippen LogP contribution in [0.15, 0.2) is 29.4 Å². The fourth-order valence-corrected chi connectivity index (χ4v) is 3.41. The molecule has 2 aromatic rings. The molecular formula is C18H25N5O2S. The molecule has 140 valence electrons. The number of morpholine rings is 1. The van der Waals surface area contributed by atoms with Crippen molar-refractivity contribution in [2.24, 2.45) is 0 Å². The Labute approximate surface area is 157 Å². The van der Waals surface area contributed by atoms with Gasteiger partial charge in [-0.25, -0.2) is 4.98 Å². The first kappa shape index (κ1) is 18.9. The highest BCUT2D eigenvalue weighted by molar-refractivity contribution is 7.99. The molecule has 2 N–H and O–H groups in total. The second-order valence-corrected chi connectivity index (χ2v) is 7.08. The fraction of sp³-hybridized carbons (Fsp3) is 0.500. The van der Waals surface area contributed by atoms with Crippen molar-refractivity contribution in [1.82, 2.24) is 25.4 Å². The smallest absolute Gasteiger partial charge is 0.230 e. The average molecular weight is 375 g/mol. The molecule has 1 aliphatic rings. The molecule has 0 saturated carbocycles. The lowest BCUT2D eigenvalue weighted by molar-refractivity contribution is -0.118. The summed E-state index contributed by atoms with van der Waals surface area (Å²) >= 11 is 1.34. The minimum absolute atomic E-state index is 0.0148. The number of benzene rings is 1. The van der Waals surface area contributed by atoms with Crippen LogP contribution in [-0.2, 0) is 29.0 Å². The third-order valence-electron chi connectivity index (χ3n) is 4.27. The summed E-state index contributed by atoms with van der Waals surface area (Å²) in [5, 5.41) is 10.6. The van der Waals surface area contributed by atoms with Crippen LogP contribution in [-0.4, -0.2) is 58.0 Å². The molecule has 2 heterocycles. The van der Waals surface area contributed by atoms with Crippen LogP contribution in [0.25, 0.3) is 0 Å². The first-order valence-electron chi connectivity index (χ1n) is 8.92. The molecule has 8 heteroatoms.